The summed E-state index contributed by atoms with van der Waals surface area (Å²) in [6.45, 7) is 3.67. The Bertz CT molecular complexity index is 146. The van der Waals surface area contributed by atoms with E-state index in [2.05, 4.69) is 10.6 Å². The van der Waals surface area contributed by atoms with Crippen molar-refractivity contribution in [3.8, 4) is 0 Å². The van der Waals surface area contributed by atoms with Crippen LogP contribution >= 0.6 is 0 Å². The molecule has 1 heterocycles. The lowest BCUT2D eigenvalue weighted by Gasteiger charge is -2.31. The van der Waals surface area contributed by atoms with Crippen molar-refractivity contribution in [3.05, 3.63) is 0 Å². The van der Waals surface area contributed by atoms with E-state index in [9.17, 15) is 0 Å². The summed E-state index contributed by atoms with van der Waals surface area (Å²) in [5.41, 5.74) is 0. The molecule has 2 heteroatoms. The van der Waals surface area contributed by atoms with E-state index < -0.39 is 0 Å². The van der Waals surface area contributed by atoms with Crippen molar-refractivity contribution < 1.29 is 0 Å². The Morgan fingerprint density at radius 3 is 2.19 bits per heavy atom. The van der Waals surface area contributed by atoms with Crippen molar-refractivity contribution in [1.29, 1.82) is 0 Å². The summed E-state index contributed by atoms with van der Waals surface area (Å²) in [7, 11) is 0. The topological polar surface area (TPSA) is 24.1 Å². The summed E-state index contributed by atoms with van der Waals surface area (Å²) in [5.74, 6) is 0.936. The van der Waals surface area contributed by atoms with Crippen molar-refractivity contribution in [3.63, 3.8) is 0 Å². The molecule has 1 aliphatic carbocycles. The van der Waals surface area contributed by atoms with Crippen LogP contribution in [0.4, 0.5) is 0 Å². The molecule has 2 N–H and O–H groups in total. The van der Waals surface area contributed by atoms with Crippen molar-refractivity contribution in [2.24, 2.45) is 5.92 Å². The first-order valence-electron chi connectivity index (χ1n) is 7.41. The Kier molecular flexibility index (Phi) is 5.64. The fourth-order valence-electron chi connectivity index (χ4n) is 3.22. The minimum Gasteiger partial charge on any atom is -0.315 e. The first-order chi connectivity index (χ1) is 7.97. The van der Waals surface area contributed by atoms with E-state index in [-0.39, 0.29) is 0 Å². The molecule has 94 valence electrons. The number of nitrogens with one attached hydrogen (secondary N) is 2. The number of hydrogen-bond donors (Lipinski definition) is 2. The van der Waals surface area contributed by atoms with Crippen molar-refractivity contribution >= 4 is 0 Å². The normalized spacial score (nSPS) is 31.1. The molecule has 0 amide bonds. The molecule has 0 spiro atoms. The Balaban J connectivity index is 1.81. The maximum absolute atomic E-state index is 3.78. The van der Waals surface area contributed by atoms with Gasteiger partial charge in [0.25, 0.3) is 0 Å². The van der Waals surface area contributed by atoms with Crippen molar-refractivity contribution in [2.45, 2.75) is 63.8 Å². The van der Waals surface area contributed by atoms with Gasteiger partial charge in [0.15, 0.2) is 0 Å². The molecule has 2 nitrogen and oxygen atoms in total. The highest BCUT2D eigenvalue weighted by atomic mass is 15.0. The predicted molar refractivity (Wildman–Crippen MR) is 69.7 cm³/mol. The standard InChI is InChI=1S/C14H28N2/c1-2-4-8-13(9-5-3-1)14-12-15-10-6-7-11-16-14/h13-16H,1-12H2. The maximum Gasteiger partial charge on any atom is 0.0220 e. The van der Waals surface area contributed by atoms with Gasteiger partial charge in [-0.3, -0.25) is 0 Å². The summed E-state index contributed by atoms with van der Waals surface area (Å²) in [4.78, 5) is 0. The second-order valence-electron chi connectivity index (χ2n) is 5.58. The first kappa shape index (κ1) is 12.4. The molecule has 2 fully saturated rings. The molecule has 0 aromatic rings. The molecule has 0 aromatic heterocycles. The van der Waals surface area contributed by atoms with Gasteiger partial charge in [-0.2, -0.15) is 0 Å². The van der Waals surface area contributed by atoms with Crippen LogP contribution in [0.1, 0.15) is 57.8 Å². The first-order valence-corrected chi connectivity index (χ1v) is 7.41. The van der Waals surface area contributed by atoms with E-state index in [1.165, 1.54) is 77.4 Å². The average Bonchev–Trinajstić information content (AvgIpc) is 2.18. The molecular weight excluding hydrogens is 196 g/mol. The van der Waals surface area contributed by atoms with E-state index in [4.69, 9.17) is 0 Å². The van der Waals surface area contributed by atoms with E-state index in [0.717, 1.165) is 12.0 Å². The smallest absolute Gasteiger partial charge is 0.0220 e. The predicted octanol–water partition coefficient (Wildman–Crippen LogP) is 2.69. The quantitative estimate of drug-likeness (QED) is 0.715. The molecule has 1 unspecified atom stereocenters. The summed E-state index contributed by atoms with van der Waals surface area (Å²) in [6.07, 6.45) is 12.9. The average molecular weight is 224 g/mol. The van der Waals surface area contributed by atoms with Gasteiger partial charge in [0.2, 0.25) is 0 Å². The minimum atomic E-state index is 0.749. The lowest BCUT2D eigenvalue weighted by atomic mass is 9.85. The van der Waals surface area contributed by atoms with E-state index in [0.29, 0.717) is 0 Å². The van der Waals surface area contributed by atoms with Crippen LogP contribution in [0.5, 0.6) is 0 Å². The number of rotatable bonds is 1. The van der Waals surface area contributed by atoms with Crippen LogP contribution in [0.25, 0.3) is 0 Å². The van der Waals surface area contributed by atoms with Crippen LogP contribution in [0.3, 0.4) is 0 Å². The third-order valence-electron chi connectivity index (χ3n) is 4.27. The van der Waals surface area contributed by atoms with Gasteiger partial charge < -0.3 is 10.6 Å². The van der Waals surface area contributed by atoms with Crippen LogP contribution < -0.4 is 10.6 Å². The number of hydrogen-bond acceptors (Lipinski definition) is 2. The zero-order valence-corrected chi connectivity index (χ0v) is 10.6. The van der Waals surface area contributed by atoms with Crippen molar-refractivity contribution in [2.75, 3.05) is 19.6 Å². The Morgan fingerprint density at radius 1 is 0.688 bits per heavy atom. The fourth-order valence-corrected chi connectivity index (χ4v) is 3.22. The van der Waals surface area contributed by atoms with Crippen LogP contribution in [0.2, 0.25) is 0 Å². The summed E-state index contributed by atoms with van der Waals surface area (Å²) in [5, 5.41) is 7.39. The van der Waals surface area contributed by atoms with Gasteiger partial charge in [-0.15, -0.1) is 0 Å². The lowest BCUT2D eigenvalue weighted by molar-refractivity contribution is 0.268. The second-order valence-corrected chi connectivity index (χ2v) is 5.58. The monoisotopic (exact) mass is 224 g/mol. The summed E-state index contributed by atoms with van der Waals surface area (Å²) < 4.78 is 0. The van der Waals surface area contributed by atoms with Crippen LogP contribution in [0, 0.1) is 5.92 Å². The molecule has 1 atom stereocenters. The maximum atomic E-state index is 3.78. The van der Waals surface area contributed by atoms with Crippen LogP contribution in [-0.4, -0.2) is 25.7 Å². The highest BCUT2D eigenvalue weighted by molar-refractivity contribution is 4.81. The molecule has 0 aromatic carbocycles. The van der Waals surface area contributed by atoms with Gasteiger partial charge in [0.1, 0.15) is 0 Å². The zero-order chi connectivity index (χ0) is 11.1. The highest BCUT2D eigenvalue weighted by Crippen LogP contribution is 2.25. The van der Waals surface area contributed by atoms with Gasteiger partial charge in [0.05, 0.1) is 0 Å². The van der Waals surface area contributed by atoms with Gasteiger partial charge >= 0.3 is 0 Å². The third-order valence-corrected chi connectivity index (χ3v) is 4.27. The highest BCUT2D eigenvalue weighted by Gasteiger charge is 2.21. The molecule has 0 bridgehead atoms. The molecule has 16 heavy (non-hydrogen) atoms. The molecule has 1 saturated heterocycles. The second kappa shape index (κ2) is 7.29. The molecule has 2 rings (SSSR count). The third kappa shape index (κ3) is 4.06. The van der Waals surface area contributed by atoms with Gasteiger partial charge in [-0.25, -0.2) is 0 Å². The van der Waals surface area contributed by atoms with E-state index in [1.807, 2.05) is 0 Å². The summed E-state index contributed by atoms with van der Waals surface area (Å²) in [6, 6.07) is 0.749. The Labute approximate surface area is 101 Å². The Morgan fingerprint density at radius 2 is 1.38 bits per heavy atom. The van der Waals surface area contributed by atoms with E-state index >= 15 is 0 Å². The van der Waals surface area contributed by atoms with Crippen LogP contribution in [-0.2, 0) is 0 Å². The summed E-state index contributed by atoms with van der Waals surface area (Å²) >= 11 is 0. The largest absolute Gasteiger partial charge is 0.315 e. The Hall–Kier alpha value is -0.0800. The van der Waals surface area contributed by atoms with Crippen LogP contribution in [0.15, 0.2) is 0 Å². The lowest BCUT2D eigenvalue weighted by Crippen LogP contribution is -2.46. The molecule has 2 aliphatic rings. The van der Waals surface area contributed by atoms with Gasteiger partial charge in [0, 0.05) is 12.6 Å². The molecule has 1 saturated carbocycles. The van der Waals surface area contributed by atoms with E-state index in [1.54, 1.807) is 0 Å². The zero-order valence-electron chi connectivity index (χ0n) is 10.6. The molecule has 0 radical (unpaired) electrons. The van der Waals surface area contributed by atoms with Gasteiger partial charge in [-0.05, 0) is 44.7 Å². The van der Waals surface area contributed by atoms with Crippen molar-refractivity contribution in [1.82, 2.24) is 10.6 Å². The minimum absolute atomic E-state index is 0.749. The SMILES string of the molecule is C1CCCC(C2CNCCCCN2)CCC1. The van der Waals surface area contributed by atoms with Gasteiger partial charge in [-0.1, -0.05) is 32.1 Å². The molecular formula is C14H28N2. The molecule has 1 aliphatic heterocycles. The fraction of sp³-hybridized carbons (Fsp3) is 1.00.